The lowest BCUT2D eigenvalue weighted by molar-refractivity contribution is -0.123. The molecule has 0 radical (unpaired) electrons. The van der Waals surface area contributed by atoms with Crippen LogP contribution in [-0.2, 0) is 18.3 Å². The molecule has 0 fully saturated rings. The van der Waals surface area contributed by atoms with Crippen LogP contribution in [0, 0.1) is 0 Å². The largest absolute Gasteiger partial charge is 0.489 e. The second-order valence-electron chi connectivity index (χ2n) is 7.47. The first-order valence-corrected chi connectivity index (χ1v) is 10.7. The molecule has 0 aliphatic carbocycles. The molecular weight excluding hydrogens is 488 g/mol. The van der Waals surface area contributed by atoms with E-state index >= 15 is 0 Å². The first kappa shape index (κ1) is 26.7. The number of rotatable bonds is 12. The van der Waals surface area contributed by atoms with Crippen molar-refractivity contribution in [1.82, 2.24) is 30.2 Å². The maximum absolute atomic E-state index is 12.5. The number of halogens is 4. The van der Waals surface area contributed by atoms with Crippen molar-refractivity contribution >= 4 is 11.8 Å². The first-order valence-electron chi connectivity index (χ1n) is 10.7. The zero-order valence-corrected chi connectivity index (χ0v) is 19.2. The SMILES string of the molecule is Cn1cccc1CNC(=O)c1cn(-c2ccc(C(=O)NCC(F)(F)F)cc2OCCOCCF)nn1. The summed E-state index contributed by atoms with van der Waals surface area (Å²) in [5.74, 6) is -1.37. The summed E-state index contributed by atoms with van der Waals surface area (Å²) in [6.45, 7) is -2.04. The number of benzene rings is 1. The third kappa shape index (κ3) is 7.53. The second kappa shape index (κ2) is 12.2. The van der Waals surface area contributed by atoms with Crippen molar-refractivity contribution in [1.29, 1.82) is 0 Å². The van der Waals surface area contributed by atoms with Gasteiger partial charge in [0, 0.05) is 24.5 Å². The molecule has 0 unspecified atom stereocenters. The quantitative estimate of drug-likeness (QED) is 0.284. The van der Waals surface area contributed by atoms with Gasteiger partial charge in [-0.3, -0.25) is 9.59 Å². The molecule has 2 aromatic heterocycles. The minimum atomic E-state index is -4.57. The fourth-order valence-electron chi connectivity index (χ4n) is 3.04. The van der Waals surface area contributed by atoms with Crippen molar-refractivity contribution in [2.75, 3.05) is 33.0 Å². The van der Waals surface area contributed by atoms with Crippen LogP contribution in [0.5, 0.6) is 5.75 Å². The number of aryl methyl sites for hydroxylation is 1. The molecule has 2 N–H and O–H groups in total. The zero-order chi connectivity index (χ0) is 26.1. The van der Waals surface area contributed by atoms with Crippen LogP contribution in [0.15, 0.2) is 42.7 Å². The van der Waals surface area contributed by atoms with E-state index in [-0.39, 0.29) is 49.1 Å². The summed E-state index contributed by atoms with van der Waals surface area (Å²) in [4.78, 5) is 24.7. The molecule has 0 bridgehead atoms. The molecule has 0 aliphatic rings. The van der Waals surface area contributed by atoms with Crippen molar-refractivity contribution in [2.45, 2.75) is 12.7 Å². The predicted octanol–water partition coefficient (Wildman–Crippen LogP) is 2.19. The Morgan fingerprint density at radius 1 is 1.08 bits per heavy atom. The van der Waals surface area contributed by atoms with Gasteiger partial charge in [0.25, 0.3) is 11.8 Å². The summed E-state index contributed by atoms with van der Waals surface area (Å²) in [7, 11) is 1.84. The number of alkyl halides is 4. The monoisotopic (exact) mass is 512 g/mol. The maximum atomic E-state index is 12.5. The average molecular weight is 512 g/mol. The van der Waals surface area contributed by atoms with Crippen LogP contribution in [0.1, 0.15) is 26.5 Å². The highest BCUT2D eigenvalue weighted by Crippen LogP contribution is 2.25. The Kier molecular flexibility index (Phi) is 9.00. The Morgan fingerprint density at radius 2 is 1.89 bits per heavy atom. The normalized spacial score (nSPS) is 11.4. The standard InChI is InChI=1S/C22H24F4N6O4/c1-31-7-2-3-16(31)12-27-21(34)17-13-32(30-29-17)18-5-4-15(20(33)28-14-22(24,25)26)11-19(18)36-10-9-35-8-6-23/h2-5,7,11,13H,6,8-10,12,14H2,1H3,(H,27,34)(H,28,33). The fourth-order valence-corrected chi connectivity index (χ4v) is 3.04. The van der Waals surface area contributed by atoms with Crippen LogP contribution in [0.4, 0.5) is 17.6 Å². The Bertz CT molecular complexity index is 1180. The van der Waals surface area contributed by atoms with Crippen LogP contribution in [0.25, 0.3) is 5.69 Å². The van der Waals surface area contributed by atoms with E-state index in [2.05, 4.69) is 15.6 Å². The molecule has 3 aromatic rings. The minimum Gasteiger partial charge on any atom is -0.489 e. The molecule has 0 spiro atoms. The molecule has 0 saturated heterocycles. The lowest BCUT2D eigenvalue weighted by Gasteiger charge is -2.14. The van der Waals surface area contributed by atoms with Gasteiger partial charge in [-0.05, 0) is 30.3 Å². The third-order valence-electron chi connectivity index (χ3n) is 4.83. The summed E-state index contributed by atoms with van der Waals surface area (Å²) in [5.41, 5.74) is 1.06. The summed E-state index contributed by atoms with van der Waals surface area (Å²) < 4.78 is 63.3. The Labute approximate surface area is 203 Å². The van der Waals surface area contributed by atoms with Crippen molar-refractivity contribution in [3.05, 3.63) is 59.7 Å². The number of amides is 2. The van der Waals surface area contributed by atoms with E-state index in [1.165, 1.54) is 29.1 Å². The third-order valence-corrected chi connectivity index (χ3v) is 4.83. The number of carbonyl (C=O) groups is 2. The molecular formula is C22H24F4N6O4. The first-order chi connectivity index (χ1) is 17.2. The fraction of sp³-hybridized carbons (Fsp3) is 0.364. The molecule has 2 amide bonds. The second-order valence-corrected chi connectivity index (χ2v) is 7.47. The molecule has 0 atom stereocenters. The smallest absolute Gasteiger partial charge is 0.405 e. The summed E-state index contributed by atoms with van der Waals surface area (Å²) >= 11 is 0. The van der Waals surface area contributed by atoms with Crippen molar-refractivity contribution in [3.8, 4) is 11.4 Å². The summed E-state index contributed by atoms with van der Waals surface area (Å²) in [6.07, 6.45) is -1.39. The Balaban J connectivity index is 1.76. The highest BCUT2D eigenvalue weighted by molar-refractivity contribution is 5.95. The molecule has 36 heavy (non-hydrogen) atoms. The predicted molar refractivity (Wildman–Crippen MR) is 119 cm³/mol. The molecule has 1 aromatic carbocycles. The Morgan fingerprint density at radius 3 is 2.58 bits per heavy atom. The van der Waals surface area contributed by atoms with Crippen LogP contribution in [0.2, 0.25) is 0 Å². The maximum Gasteiger partial charge on any atom is 0.405 e. The van der Waals surface area contributed by atoms with Gasteiger partial charge < -0.3 is 24.7 Å². The van der Waals surface area contributed by atoms with E-state index < -0.39 is 31.2 Å². The van der Waals surface area contributed by atoms with E-state index in [4.69, 9.17) is 9.47 Å². The average Bonchev–Trinajstić information content (AvgIpc) is 3.49. The number of carbonyl (C=O) groups excluding carboxylic acids is 2. The van der Waals surface area contributed by atoms with E-state index in [1.807, 2.05) is 29.9 Å². The number of hydrogen-bond acceptors (Lipinski definition) is 6. The van der Waals surface area contributed by atoms with E-state index in [0.29, 0.717) is 0 Å². The molecule has 14 heteroatoms. The highest BCUT2D eigenvalue weighted by atomic mass is 19.4. The lowest BCUT2D eigenvalue weighted by Crippen LogP contribution is -2.33. The molecule has 0 saturated carbocycles. The molecule has 0 aliphatic heterocycles. The van der Waals surface area contributed by atoms with E-state index in [0.717, 1.165) is 5.69 Å². The van der Waals surface area contributed by atoms with Gasteiger partial charge in [0.1, 0.15) is 31.3 Å². The van der Waals surface area contributed by atoms with Crippen molar-refractivity contribution < 1.29 is 36.6 Å². The van der Waals surface area contributed by atoms with Gasteiger partial charge in [0.05, 0.1) is 26.0 Å². The number of ether oxygens (including phenoxy) is 2. The van der Waals surface area contributed by atoms with Gasteiger partial charge in [-0.25, -0.2) is 9.07 Å². The summed E-state index contributed by atoms with van der Waals surface area (Å²) in [5, 5.41) is 12.3. The molecule has 2 heterocycles. The Hall–Kier alpha value is -3.94. The van der Waals surface area contributed by atoms with Crippen LogP contribution >= 0.6 is 0 Å². The molecule has 3 rings (SSSR count). The zero-order valence-electron chi connectivity index (χ0n) is 19.2. The van der Waals surface area contributed by atoms with Crippen LogP contribution < -0.4 is 15.4 Å². The summed E-state index contributed by atoms with van der Waals surface area (Å²) in [6, 6.07) is 7.59. The van der Waals surface area contributed by atoms with Gasteiger partial charge in [-0.1, -0.05) is 5.21 Å². The van der Waals surface area contributed by atoms with Crippen LogP contribution in [0.3, 0.4) is 0 Å². The van der Waals surface area contributed by atoms with Crippen molar-refractivity contribution in [3.63, 3.8) is 0 Å². The van der Waals surface area contributed by atoms with Crippen LogP contribution in [-0.4, -0.2) is 70.6 Å². The number of hydrogen-bond donors (Lipinski definition) is 2. The van der Waals surface area contributed by atoms with Crippen molar-refractivity contribution in [2.24, 2.45) is 7.05 Å². The van der Waals surface area contributed by atoms with Gasteiger partial charge in [-0.15, -0.1) is 5.10 Å². The minimum absolute atomic E-state index is 0.00781. The topological polar surface area (TPSA) is 112 Å². The number of aromatic nitrogens is 4. The van der Waals surface area contributed by atoms with Gasteiger partial charge in [0.15, 0.2) is 5.69 Å². The van der Waals surface area contributed by atoms with Gasteiger partial charge in [-0.2, -0.15) is 13.2 Å². The number of nitrogens with one attached hydrogen (secondary N) is 2. The van der Waals surface area contributed by atoms with E-state index in [9.17, 15) is 27.2 Å². The highest BCUT2D eigenvalue weighted by Gasteiger charge is 2.28. The van der Waals surface area contributed by atoms with Gasteiger partial charge in [0.2, 0.25) is 0 Å². The molecule has 10 nitrogen and oxygen atoms in total. The van der Waals surface area contributed by atoms with Gasteiger partial charge >= 0.3 is 6.18 Å². The number of nitrogens with zero attached hydrogens (tertiary/aromatic N) is 4. The lowest BCUT2D eigenvalue weighted by atomic mass is 10.1. The van der Waals surface area contributed by atoms with E-state index in [1.54, 1.807) is 5.32 Å². The molecule has 194 valence electrons.